The van der Waals surface area contributed by atoms with Crippen LogP contribution < -0.4 is 19.5 Å². The highest BCUT2D eigenvalue weighted by Crippen LogP contribution is 2.41. The molecule has 7 heteroatoms. The van der Waals surface area contributed by atoms with Crippen LogP contribution in [0.15, 0.2) is 188 Å². The number of hydrogen-bond donors (Lipinski definition) is 0. The van der Waals surface area contributed by atoms with Crippen molar-refractivity contribution in [1.29, 1.82) is 0 Å². The van der Waals surface area contributed by atoms with Crippen LogP contribution in [-0.4, -0.2) is 34.4 Å². The molecule has 0 radical (unpaired) electrons. The number of Topliss-reactive ketones (excluding diaryl/α,β-unsaturated/α-hetero) is 2. The first kappa shape index (κ1) is 47.1. The monoisotopic (exact) mass is 924 g/mol. The standard InChI is InChI=1S/C62H60N4O2S/c1-59(2,3)43-33-41(34-44(53(43)67)60(4,5)6)47-48(42-35-45(61(7,8)9)54(68)46(36-42)62(10,11)12)56(58-65-51(39-29-21-15-22-30-39)52(66-58)40-31-23-16-24-32-40)69-55(47)57-63-49(37-25-17-13-18-26-37)50(64-57)38-27-19-14-20-28-38/h13-36H,1-12H3. The van der Waals surface area contributed by atoms with E-state index in [1.165, 1.54) is 0 Å². The lowest BCUT2D eigenvalue weighted by molar-refractivity contribution is -0.114. The summed E-state index contributed by atoms with van der Waals surface area (Å²) in [6.07, 6.45) is 8.35. The molecule has 2 aliphatic carbocycles. The van der Waals surface area contributed by atoms with Crippen molar-refractivity contribution in [2.75, 3.05) is 0 Å². The zero-order chi connectivity index (χ0) is 49.2. The molecular weight excluding hydrogens is 865 g/mol. The number of aliphatic imine (C=N–C) groups is 4. The summed E-state index contributed by atoms with van der Waals surface area (Å²) in [4.78, 5) is 51.5. The maximum Gasteiger partial charge on any atom is 0.186 e. The topological polar surface area (TPSA) is 83.6 Å². The molecule has 0 spiro atoms. The Labute approximate surface area is 410 Å². The van der Waals surface area contributed by atoms with E-state index in [-0.39, 0.29) is 11.6 Å². The number of thiophene rings is 1. The Hall–Kier alpha value is -6.96. The van der Waals surface area contributed by atoms with Gasteiger partial charge in [0.25, 0.3) is 0 Å². The SMILES string of the molecule is CC(C)(C)C1=CC(=c2c(=C3N=C(c4ccccc4)C(c4ccccc4)=N3)sc(=C3N=C(c4ccccc4)C(c4ccccc4)=N3)c2=C2C=C(C(C)(C)C)C(=O)C(C(C)(C)C)=C2)C=C(C(C)(C)C)C1=O. The minimum Gasteiger partial charge on any atom is -0.289 e. The summed E-state index contributed by atoms with van der Waals surface area (Å²) in [5.74, 6) is 1.18. The molecule has 346 valence electrons. The largest absolute Gasteiger partial charge is 0.289 e. The van der Waals surface area contributed by atoms with Crippen molar-refractivity contribution in [2.24, 2.45) is 41.6 Å². The Morgan fingerprint density at radius 1 is 0.333 bits per heavy atom. The second-order valence-corrected chi connectivity index (χ2v) is 23.3. The van der Waals surface area contributed by atoms with Gasteiger partial charge >= 0.3 is 0 Å². The Balaban J connectivity index is 1.62. The van der Waals surface area contributed by atoms with E-state index in [9.17, 15) is 9.59 Å². The van der Waals surface area contributed by atoms with Crippen LogP contribution in [0.5, 0.6) is 0 Å². The molecule has 0 saturated carbocycles. The highest BCUT2D eigenvalue weighted by atomic mass is 32.1. The maximum atomic E-state index is 14.7. The molecule has 0 fully saturated rings. The fourth-order valence-electron chi connectivity index (χ4n) is 9.15. The quantitative estimate of drug-likeness (QED) is 0.180. The van der Waals surface area contributed by atoms with Crippen LogP contribution in [0.4, 0.5) is 0 Å². The van der Waals surface area contributed by atoms with E-state index in [0.29, 0.717) is 11.6 Å². The highest BCUT2D eigenvalue weighted by molar-refractivity contribution is 7.08. The van der Waals surface area contributed by atoms with Gasteiger partial charge < -0.3 is 0 Å². The molecule has 2 aliphatic heterocycles. The molecule has 0 bridgehead atoms. The lowest BCUT2D eigenvalue weighted by atomic mass is 9.71. The number of carbonyl (C=O) groups excluding carboxylic acids is 2. The molecule has 0 saturated heterocycles. The van der Waals surface area contributed by atoms with E-state index in [2.05, 4.69) is 156 Å². The van der Waals surface area contributed by atoms with Gasteiger partial charge in [0.1, 0.15) is 0 Å². The minimum atomic E-state index is -0.489. The van der Waals surface area contributed by atoms with Crippen molar-refractivity contribution < 1.29 is 9.59 Å². The van der Waals surface area contributed by atoms with Gasteiger partial charge in [-0.2, -0.15) is 0 Å². The van der Waals surface area contributed by atoms with Gasteiger partial charge in [0.15, 0.2) is 23.2 Å². The molecule has 9 rings (SSSR count). The fourth-order valence-corrected chi connectivity index (χ4v) is 10.4. The number of hydrogen-bond acceptors (Lipinski definition) is 7. The first-order valence-electron chi connectivity index (χ1n) is 23.8. The van der Waals surface area contributed by atoms with Crippen molar-refractivity contribution in [3.63, 3.8) is 0 Å². The number of rotatable bonds is 4. The van der Waals surface area contributed by atoms with Crippen LogP contribution in [0.25, 0.3) is 22.8 Å². The van der Waals surface area contributed by atoms with Crippen LogP contribution in [-0.2, 0) is 9.59 Å². The van der Waals surface area contributed by atoms with Crippen molar-refractivity contribution in [3.8, 4) is 0 Å². The van der Waals surface area contributed by atoms with Crippen molar-refractivity contribution >= 4 is 68.5 Å². The van der Waals surface area contributed by atoms with Crippen molar-refractivity contribution in [3.05, 3.63) is 210 Å². The van der Waals surface area contributed by atoms with Crippen LogP contribution in [0.3, 0.4) is 0 Å². The van der Waals surface area contributed by atoms with Gasteiger partial charge in [-0.25, -0.2) is 20.0 Å². The molecule has 5 aromatic rings. The molecule has 4 aliphatic rings. The van der Waals surface area contributed by atoms with E-state index in [0.717, 1.165) is 98.0 Å². The second-order valence-electron chi connectivity index (χ2n) is 22.3. The average molecular weight is 925 g/mol. The van der Waals surface area contributed by atoms with E-state index in [1.807, 2.05) is 72.8 Å². The molecule has 4 aromatic carbocycles. The predicted octanol–water partition coefficient (Wildman–Crippen LogP) is 11.2. The molecule has 1 aromatic heterocycles. The number of benzene rings is 4. The molecule has 3 heterocycles. The number of ketones is 2. The van der Waals surface area contributed by atoms with Gasteiger partial charge in [-0.1, -0.05) is 204 Å². The molecule has 0 N–H and O–H groups in total. The molecule has 0 unspecified atom stereocenters. The lowest BCUT2D eigenvalue weighted by Gasteiger charge is -2.31. The predicted molar refractivity (Wildman–Crippen MR) is 289 cm³/mol. The molecule has 6 nitrogen and oxygen atoms in total. The van der Waals surface area contributed by atoms with Gasteiger partial charge in [0.05, 0.1) is 31.9 Å². The third-order valence-corrected chi connectivity index (χ3v) is 14.0. The van der Waals surface area contributed by atoms with Crippen LogP contribution >= 0.6 is 11.3 Å². The van der Waals surface area contributed by atoms with Crippen LogP contribution in [0.1, 0.15) is 105 Å². The summed E-state index contributed by atoms with van der Waals surface area (Å²) in [7, 11) is 0. The third-order valence-electron chi connectivity index (χ3n) is 12.8. The van der Waals surface area contributed by atoms with Gasteiger partial charge in [-0.3, -0.25) is 9.59 Å². The number of nitrogens with zero attached hydrogens (tertiary/aromatic N) is 4. The second kappa shape index (κ2) is 17.5. The van der Waals surface area contributed by atoms with E-state index in [1.54, 1.807) is 11.3 Å². The average Bonchev–Trinajstić information content (AvgIpc) is 4.05. The number of carbonyl (C=O) groups is 2. The Kier molecular flexibility index (Phi) is 12.0. The summed E-state index contributed by atoms with van der Waals surface area (Å²) in [5.41, 5.74) is 9.51. The van der Waals surface area contributed by atoms with Gasteiger partial charge in [0, 0.05) is 55.0 Å². The Morgan fingerprint density at radius 3 is 0.754 bits per heavy atom. The number of allylic oxidation sites excluding steroid dienone is 8. The summed E-state index contributed by atoms with van der Waals surface area (Å²) in [5, 5.41) is 1.72. The Bertz CT molecular complexity index is 3070. The summed E-state index contributed by atoms with van der Waals surface area (Å²) < 4.78 is 1.62. The fraction of sp³-hybridized carbons (Fsp3) is 0.258. The molecule has 0 atom stereocenters. The van der Waals surface area contributed by atoms with Gasteiger partial charge in [0.2, 0.25) is 0 Å². The normalized spacial score (nSPS) is 17.0. The maximum absolute atomic E-state index is 14.7. The first-order valence-corrected chi connectivity index (χ1v) is 24.6. The van der Waals surface area contributed by atoms with Gasteiger partial charge in [-0.15, -0.1) is 11.3 Å². The molecular formula is C62H60N4O2S. The van der Waals surface area contributed by atoms with Crippen LogP contribution in [0, 0.1) is 21.7 Å². The van der Waals surface area contributed by atoms with Crippen molar-refractivity contribution in [1.82, 2.24) is 0 Å². The van der Waals surface area contributed by atoms with E-state index in [4.69, 9.17) is 20.0 Å². The first-order chi connectivity index (χ1) is 32.6. The molecule has 69 heavy (non-hydrogen) atoms. The zero-order valence-electron chi connectivity index (χ0n) is 41.9. The van der Waals surface area contributed by atoms with Gasteiger partial charge in [-0.05, 0) is 57.1 Å². The Morgan fingerprint density at radius 2 is 0.551 bits per heavy atom. The van der Waals surface area contributed by atoms with Crippen molar-refractivity contribution in [2.45, 2.75) is 83.1 Å². The molecule has 0 amide bonds. The summed E-state index contributed by atoms with van der Waals surface area (Å²) in [6, 6.07) is 40.8. The van der Waals surface area contributed by atoms with Crippen LogP contribution in [0.2, 0.25) is 0 Å². The lowest BCUT2D eigenvalue weighted by Crippen LogP contribution is -2.43. The third kappa shape index (κ3) is 9.08. The van der Waals surface area contributed by atoms with E-state index >= 15 is 0 Å². The summed E-state index contributed by atoms with van der Waals surface area (Å²) >= 11 is 1.56. The smallest absolute Gasteiger partial charge is 0.186 e. The zero-order valence-corrected chi connectivity index (χ0v) is 42.7. The summed E-state index contributed by atoms with van der Waals surface area (Å²) in [6.45, 7) is 25.2. The minimum absolute atomic E-state index is 0.0414. The highest BCUT2D eigenvalue weighted by Gasteiger charge is 2.37. The van der Waals surface area contributed by atoms with E-state index < -0.39 is 21.7 Å².